The molecule has 18 heavy (non-hydrogen) atoms. The van der Waals surface area contributed by atoms with Crippen LogP contribution in [0, 0.1) is 0 Å². The smallest absolute Gasteiger partial charge is 0.137 e. The van der Waals surface area contributed by atoms with Crippen molar-refractivity contribution in [3.05, 3.63) is 36.3 Å². The van der Waals surface area contributed by atoms with Gasteiger partial charge in [-0.15, -0.1) is 11.6 Å². The molecule has 1 aliphatic heterocycles. The van der Waals surface area contributed by atoms with Gasteiger partial charge in [0.15, 0.2) is 0 Å². The topological polar surface area (TPSA) is 29.8 Å². The summed E-state index contributed by atoms with van der Waals surface area (Å²) >= 11 is 5.97. The minimum absolute atomic E-state index is 0.297. The third-order valence-electron chi connectivity index (χ3n) is 3.31. The molecule has 0 radical (unpaired) electrons. The van der Waals surface area contributed by atoms with Crippen LogP contribution in [0.5, 0.6) is 0 Å². The molecule has 96 valence electrons. The van der Waals surface area contributed by atoms with Crippen molar-refractivity contribution in [1.82, 2.24) is 14.3 Å². The van der Waals surface area contributed by atoms with Crippen LogP contribution >= 0.6 is 11.6 Å². The number of pyridine rings is 1. The Morgan fingerprint density at radius 2 is 2.39 bits per heavy atom. The number of rotatable bonds is 3. The maximum Gasteiger partial charge on any atom is 0.137 e. The third-order valence-corrected chi connectivity index (χ3v) is 3.66. The van der Waals surface area contributed by atoms with Gasteiger partial charge in [0.05, 0.1) is 18.9 Å². The van der Waals surface area contributed by atoms with E-state index >= 15 is 0 Å². The van der Waals surface area contributed by atoms with Gasteiger partial charge in [0.2, 0.25) is 0 Å². The van der Waals surface area contributed by atoms with E-state index < -0.39 is 0 Å². The van der Waals surface area contributed by atoms with E-state index in [0.29, 0.717) is 11.9 Å². The maximum atomic E-state index is 5.97. The van der Waals surface area contributed by atoms with E-state index in [4.69, 9.17) is 16.3 Å². The predicted octanol–water partition coefficient (Wildman–Crippen LogP) is 1.77. The van der Waals surface area contributed by atoms with Gasteiger partial charge in [-0.25, -0.2) is 4.98 Å². The Kier molecular flexibility index (Phi) is 3.50. The monoisotopic (exact) mass is 265 g/mol. The average Bonchev–Trinajstić information content (AvgIpc) is 2.81. The van der Waals surface area contributed by atoms with E-state index in [9.17, 15) is 0 Å². The molecule has 5 heteroatoms. The first-order valence-corrected chi connectivity index (χ1v) is 6.70. The Hall–Kier alpha value is -1.10. The summed E-state index contributed by atoms with van der Waals surface area (Å²) in [5.41, 5.74) is 2.07. The van der Waals surface area contributed by atoms with E-state index in [1.165, 1.54) is 0 Å². The zero-order chi connectivity index (χ0) is 12.4. The number of imidazole rings is 1. The summed E-state index contributed by atoms with van der Waals surface area (Å²) in [4.78, 5) is 6.96. The van der Waals surface area contributed by atoms with Gasteiger partial charge in [-0.05, 0) is 12.1 Å². The first kappa shape index (κ1) is 12.0. The van der Waals surface area contributed by atoms with Crippen molar-refractivity contribution >= 4 is 17.2 Å². The quantitative estimate of drug-likeness (QED) is 0.793. The van der Waals surface area contributed by atoms with Crippen molar-refractivity contribution in [3.63, 3.8) is 0 Å². The lowest BCUT2D eigenvalue weighted by molar-refractivity contribution is -0.00351. The number of alkyl halides is 1. The van der Waals surface area contributed by atoms with Gasteiger partial charge in [-0.1, -0.05) is 6.07 Å². The molecule has 2 aromatic heterocycles. The lowest BCUT2D eigenvalue weighted by Gasteiger charge is -2.33. The second-order valence-corrected chi connectivity index (χ2v) is 4.86. The number of hydrogen-bond acceptors (Lipinski definition) is 3. The van der Waals surface area contributed by atoms with Crippen molar-refractivity contribution in [2.45, 2.75) is 12.6 Å². The fraction of sp³-hybridized carbons (Fsp3) is 0.462. The summed E-state index contributed by atoms with van der Waals surface area (Å²) < 4.78 is 7.50. The van der Waals surface area contributed by atoms with Crippen molar-refractivity contribution in [2.75, 3.05) is 25.6 Å². The Balaban J connectivity index is 1.78. The van der Waals surface area contributed by atoms with Crippen LogP contribution in [-0.2, 0) is 11.3 Å². The van der Waals surface area contributed by atoms with Gasteiger partial charge < -0.3 is 9.14 Å². The summed E-state index contributed by atoms with van der Waals surface area (Å²) in [5, 5.41) is 0. The van der Waals surface area contributed by atoms with Crippen LogP contribution in [-0.4, -0.2) is 46.0 Å². The molecule has 0 N–H and O–H groups in total. The number of morpholine rings is 1. The van der Waals surface area contributed by atoms with Gasteiger partial charge in [0, 0.05) is 37.4 Å². The number of aromatic nitrogens is 2. The molecule has 2 aromatic rings. The Labute approximate surface area is 111 Å². The molecule has 1 saturated heterocycles. The number of hydrogen-bond donors (Lipinski definition) is 0. The lowest BCUT2D eigenvalue weighted by Crippen LogP contribution is -2.45. The first-order chi connectivity index (χ1) is 8.86. The van der Waals surface area contributed by atoms with E-state index in [1.807, 2.05) is 28.8 Å². The molecule has 0 saturated carbocycles. The number of fused-ring (bicyclic) bond motifs is 1. The molecular formula is C13H16ClN3O. The molecule has 0 spiro atoms. The van der Waals surface area contributed by atoms with Crippen LogP contribution in [0.1, 0.15) is 5.69 Å². The molecule has 0 aromatic carbocycles. The zero-order valence-electron chi connectivity index (χ0n) is 10.1. The molecule has 4 nitrogen and oxygen atoms in total. The number of halogens is 1. The van der Waals surface area contributed by atoms with Crippen LogP contribution in [0.15, 0.2) is 30.6 Å². The van der Waals surface area contributed by atoms with Crippen LogP contribution in [0.4, 0.5) is 0 Å². The predicted molar refractivity (Wildman–Crippen MR) is 70.9 cm³/mol. The second kappa shape index (κ2) is 5.26. The van der Waals surface area contributed by atoms with Gasteiger partial charge in [0.1, 0.15) is 5.65 Å². The van der Waals surface area contributed by atoms with Gasteiger partial charge in [-0.3, -0.25) is 4.90 Å². The van der Waals surface area contributed by atoms with E-state index in [1.54, 1.807) is 0 Å². The van der Waals surface area contributed by atoms with E-state index in [2.05, 4.69) is 16.1 Å². The highest BCUT2D eigenvalue weighted by molar-refractivity contribution is 6.18. The van der Waals surface area contributed by atoms with E-state index in [0.717, 1.165) is 37.6 Å². The third kappa shape index (κ3) is 2.36. The fourth-order valence-electron chi connectivity index (χ4n) is 2.31. The van der Waals surface area contributed by atoms with Crippen LogP contribution in [0.25, 0.3) is 5.65 Å². The van der Waals surface area contributed by atoms with Gasteiger partial charge in [0.25, 0.3) is 0 Å². The van der Waals surface area contributed by atoms with Crippen LogP contribution in [0.2, 0.25) is 0 Å². The highest BCUT2D eigenvalue weighted by Crippen LogP contribution is 2.13. The molecule has 0 amide bonds. The van der Waals surface area contributed by atoms with Crippen LogP contribution < -0.4 is 0 Å². The SMILES string of the molecule is ClCC1COCCN1Cc1cn2ccccc2n1. The minimum atomic E-state index is 0.297. The summed E-state index contributed by atoms with van der Waals surface area (Å²) in [6.45, 7) is 3.26. The Morgan fingerprint density at radius 1 is 1.44 bits per heavy atom. The van der Waals surface area contributed by atoms with Gasteiger partial charge >= 0.3 is 0 Å². The molecule has 0 bridgehead atoms. The minimum Gasteiger partial charge on any atom is -0.378 e. The highest BCUT2D eigenvalue weighted by atomic mass is 35.5. The molecule has 3 heterocycles. The summed E-state index contributed by atoms with van der Waals surface area (Å²) in [5.74, 6) is 0.605. The summed E-state index contributed by atoms with van der Waals surface area (Å²) in [6, 6.07) is 6.32. The van der Waals surface area contributed by atoms with Crippen molar-refractivity contribution < 1.29 is 4.74 Å². The Morgan fingerprint density at radius 3 is 3.22 bits per heavy atom. The Bertz CT molecular complexity index is 495. The normalized spacial score (nSPS) is 21.5. The van der Waals surface area contributed by atoms with Crippen molar-refractivity contribution in [1.29, 1.82) is 0 Å². The van der Waals surface area contributed by atoms with Crippen LogP contribution in [0.3, 0.4) is 0 Å². The highest BCUT2D eigenvalue weighted by Gasteiger charge is 2.22. The molecule has 1 fully saturated rings. The first-order valence-electron chi connectivity index (χ1n) is 6.17. The fourth-order valence-corrected chi connectivity index (χ4v) is 2.60. The van der Waals surface area contributed by atoms with E-state index in [-0.39, 0.29) is 0 Å². The molecule has 1 unspecified atom stereocenters. The van der Waals surface area contributed by atoms with Gasteiger partial charge in [-0.2, -0.15) is 0 Å². The standard InChI is InChI=1S/C13H16ClN3O/c14-7-12-10-18-6-5-16(12)8-11-9-17-4-2-1-3-13(17)15-11/h1-4,9,12H,5-8,10H2. The molecule has 0 aliphatic carbocycles. The van der Waals surface area contributed by atoms with Crippen molar-refractivity contribution in [3.8, 4) is 0 Å². The molecular weight excluding hydrogens is 250 g/mol. The number of ether oxygens (including phenoxy) is 1. The molecule has 3 rings (SSSR count). The molecule has 1 atom stereocenters. The summed E-state index contributed by atoms with van der Waals surface area (Å²) in [6.07, 6.45) is 4.10. The second-order valence-electron chi connectivity index (χ2n) is 4.55. The average molecular weight is 266 g/mol. The maximum absolute atomic E-state index is 5.97. The number of nitrogens with zero attached hydrogens (tertiary/aromatic N) is 3. The zero-order valence-corrected chi connectivity index (χ0v) is 10.9. The largest absolute Gasteiger partial charge is 0.378 e. The van der Waals surface area contributed by atoms with Crippen molar-refractivity contribution in [2.24, 2.45) is 0 Å². The summed E-state index contributed by atoms with van der Waals surface area (Å²) in [7, 11) is 0. The molecule has 1 aliphatic rings. The lowest BCUT2D eigenvalue weighted by atomic mass is 10.2.